The van der Waals surface area contributed by atoms with Crippen LogP contribution in [-0.4, -0.2) is 59.5 Å². The first-order valence-electron chi connectivity index (χ1n) is 9.66. The quantitative estimate of drug-likeness (QED) is 0.363. The van der Waals surface area contributed by atoms with E-state index < -0.39 is 0 Å². The summed E-state index contributed by atoms with van der Waals surface area (Å²) < 4.78 is 12.8. The molecule has 1 fully saturated rings. The Kier molecular flexibility index (Phi) is 8.54. The maximum atomic E-state index is 5.43. The van der Waals surface area contributed by atoms with Crippen molar-refractivity contribution in [2.45, 2.75) is 32.7 Å². The van der Waals surface area contributed by atoms with Gasteiger partial charge in [0.25, 0.3) is 0 Å². The smallest absolute Gasteiger partial charge is 0.194 e. The molecule has 1 saturated heterocycles. The van der Waals surface area contributed by atoms with Gasteiger partial charge in [0.2, 0.25) is 0 Å². The number of ether oxygens (including phenoxy) is 2. The predicted octanol–water partition coefficient (Wildman–Crippen LogP) is 2.71. The van der Waals surface area contributed by atoms with Crippen LogP contribution in [0.4, 0.5) is 0 Å². The number of nitrogens with zero attached hydrogens (tertiary/aromatic N) is 5. The fourth-order valence-corrected chi connectivity index (χ4v) is 3.45. The summed E-state index contributed by atoms with van der Waals surface area (Å²) in [6, 6.07) is 6.11. The largest absolute Gasteiger partial charge is 0.497 e. The highest BCUT2D eigenvalue weighted by atomic mass is 127. The molecule has 2 aromatic rings. The van der Waals surface area contributed by atoms with E-state index in [1.54, 1.807) is 14.2 Å². The maximum Gasteiger partial charge on any atom is 0.194 e. The van der Waals surface area contributed by atoms with Crippen molar-refractivity contribution >= 4 is 29.9 Å². The molecule has 1 N–H and O–H groups in total. The molecule has 0 aliphatic carbocycles. The minimum absolute atomic E-state index is 0. The van der Waals surface area contributed by atoms with E-state index in [1.165, 1.54) is 5.56 Å². The number of nitrogens with one attached hydrogen (secondary N) is 1. The molecular weight excluding hydrogens is 483 g/mol. The molecule has 0 amide bonds. The third-order valence-corrected chi connectivity index (χ3v) is 5.22. The number of halogens is 1. The van der Waals surface area contributed by atoms with Crippen LogP contribution in [-0.2, 0) is 13.6 Å². The third kappa shape index (κ3) is 5.52. The molecule has 3 rings (SSSR count). The highest BCUT2D eigenvalue weighted by molar-refractivity contribution is 14.0. The van der Waals surface area contributed by atoms with Crippen molar-refractivity contribution < 1.29 is 9.47 Å². The van der Waals surface area contributed by atoms with Gasteiger partial charge in [-0.2, -0.15) is 0 Å². The van der Waals surface area contributed by atoms with E-state index in [9.17, 15) is 0 Å². The number of likely N-dealkylation sites (tertiary alicyclic amines) is 1. The van der Waals surface area contributed by atoms with Crippen molar-refractivity contribution in [3.8, 4) is 11.5 Å². The number of aryl methyl sites for hydroxylation is 1. The monoisotopic (exact) mass is 514 g/mol. The number of hydrogen-bond acceptors (Lipinski definition) is 5. The molecule has 160 valence electrons. The lowest BCUT2D eigenvalue weighted by atomic mass is 9.98. The van der Waals surface area contributed by atoms with Crippen LogP contribution in [0.1, 0.15) is 36.5 Å². The lowest BCUT2D eigenvalue weighted by Crippen LogP contribution is -2.40. The zero-order chi connectivity index (χ0) is 20.1. The molecule has 0 saturated carbocycles. The van der Waals surface area contributed by atoms with Crippen molar-refractivity contribution in [1.29, 1.82) is 0 Å². The van der Waals surface area contributed by atoms with E-state index in [-0.39, 0.29) is 24.0 Å². The number of aromatic nitrogens is 3. The zero-order valence-electron chi connectivity index (χ0n) is 17.8. The van der Waals surface area contributed by atoms with Crippen LogP contribution in [0.3, 0.4) is 0 Å². The first kappa shape index (κ1) is 23.2. The normalized spacial score (nSPS) is 16.5. The fraction of sp³-hybridized carbons (Fsp3) is 0.550. The molecule has 0 radical (unpaired) electrons. The molecule has 1 unspecified atom stereocenters. The van der Waals surface area contributed by atoms with E-state index in [1.807, 2.05) is 24.6 Å². The molecule has 8 nitrogen and oxygen atoms in total. The number of methoxy groups -OCH3 is 2. The standard InChI is InChI=1S/C20H30N6O2.HI/c1-6-21-20(22-12-19-24-23-14(2)25(19)3)26-8-7-15(13-26)16-9-17(27-4)11-18(10-16)28-5;/h9-11,15H,6-8,12-13H2,1-5H3,(H,21,22);1H. The van der Waals surface area contributed by atoms with Crippen LogP contribution in [0, 0.1) is 6.92 Å². The van der Waals surface area contributed by atoms with Crippen LogP contribution >= 0.6 is 24.0 Å². The molecule has 1 aliphatic rings. The van der Waals surface area contributed by atoms with Crippen molar-refractivity contribution in [2.75, 3.05) is 33.9 Å². The number of hydrogen-bond donors (Lipinski definition) is 1. The van der Waals surface area contributed by atoms with Gasteiger partial charge in [-0.1, -0.05) is 0 Å². The van der Waals surface area contributed by atoms with E-state index in [0.717, 1.165) is 55.2 Å². The summed E-state index contributed by atoms with van der Waals surface area (Å²) in [5.41, 5.74) is 1.23. The first-order chi connectivity index (χ1) is 13.5. The Bertz CT molecular complexity index is 816. The highest BCUT2D eigenvalue weighted by Crippen LogP contribution is 2.32. The minimum atomic E-state index is 0. The van der Waals surface area contributed by atoms with Gasteiger partial charge in [0, 0.05) is 38.7 Å². The average molecular weight is 514 g/mol. The van der Waals surface area contributed by atoms with Gasteiger partial charge < -0.3 is 24.3 Å². The lowest BCUT2D eigenvalue weighted by Gasteiger charge is -2.22. The number of guanidine groups is 1. The average Bonchev–Trinajstić information content (AvgIpc) is 3.33. The minimum Gasteiger partial charge on any atom is -0.497 e. The van der Waals surface area contributed by atoms with Crippen LogP contribution in [0.15, 0.2) is 23.2 Å². The summed E-state index contributed by atoms with van der Waals surface area (Å²) in [5.74, 6) is 4.73. The van der Waals surface area contributed by atoms with Gasteiger partial charge in [-0.3, -0.25) is 0 Å². The summed E-state index contributed by atoms with van der Waals surface area (Å²) >= 11 is 0. The van der Waals surface area contributed by atoms with Crippen LogP contribution in [0.5, 0.6) is 11.5 Å². The predicted molar refractivity (Wildman–Crippen MR) is 124 cm³/mol. The number of aliphatic imine (C=N–C) groups is 1. The van der Waals surface area contributed by atoms with E-state index in [0.29, 0.717) is 12.5 Å². The molecule has 0 bridgehead atoms. The first-order valence-corrected chi connectivity index (χ1v) is 9.66. The van der Waals surface area contributed by atoms with Gasteiger partial charge in [-0.15, -0.1) is 34.2 Å². The Hall–Kier alpha value is -2.04. The molecule has 1 aromatic carbocycles. The van der Waals surface area contributed by atoms with E-state index in [4.69, 9.17) is 14.5 Å². The Labute approximate surface area is 189 Å². The lowest BCUT2D eigenvalue weighted by molar-refractivity contribution is 0.392. The number of rotatable bonds is 6. The molecule has 0 spiro atoms. The highest BCUT2D eigenvalue weighted by Gasteiger charge is 2.27. The van der Waals surface area contributed by atoms with E-state index in [2.05, 4.69) is 39.5 Å². The van der Waals surface area contributed by atoms with Gasteiger partial charge in [0.1, 0.15) is 23.9 Å². The Balaban J connectivity index is 0.00000300. The molecule has 29 heavy (non-hydrogen) atoms. The van der Waals surface area contributed by atoms with Crippen molar-refractivity contribution in [2.24, 2.45) is 12.0 Å². The van der Waals surface area contributed by atoms with Gasteiger partial charge in [0.05, 0.1) is 14.2 Å². The molecular formula is C20H31IN6O2. The van der Waals surface area contributed by atoms with Crippen molar-refractivity contribution in [3.05, 3.63) is 35.4 Å². The van der Waals surface area contributed by atoms with Crippen LogP contribution in [0.25, 0.3) is 0 Å². The summed E-state index contributed by atoms with van der Waals surface area (Å²) in [5, 5.41) is 11.7. The van der Waals surface area contributed by atoms with Gasteiger partial charge >= 0.3 is 0 Å². The summed E-state index contributed by atoms with van der Waals surface area (Å²) in [6.07, 6.45) is 1.06. The Morgan fingerprint density at radius 1 is 1.21 bits per heavy atom. The molecule has 1 aromatic heterocycles. The molecule has 9 heteroatoms. The molecule has 1 atom stereocenters. The van der Waals surface area contributed by atoms with Crippen LogP contribution in [0.2, 0.25) is 0 Å². The summed E-state index contributed by atoms with van der Waals surface area (Å²) in [6.45, 7) is 7.22. The van der Waals surface area contributed by atoms with Crippen LogP contribution < -0.4 is 14.8 Å². The Morgan fingerprint density at radius 2 is 1.90 bits per heavy atom. The van der Waals surface area contributed by atoms with E-state index >= 15 is 0 Å². The van der Waals surface area contributed by atoms with Crippen molar-refractivity contribution in [3.63, 3.8) is 0 Å². The summed E-state index contributed by atoms with van der Waals surface area (Å²) in [4.78, 5) is 7.10. The molecule has 2 heterocycles. The van der Waals surface area contributed by atoms with Gasteiger partial charge in [-0.05, 0) is 38.0 Å². The second kappa shape index (κ2) is 10.7. The van der Waals surface area contributed by atoms with Crippen molar-refractivity contribution in [1.82, 2.24) is 25.0 Å². The molecule has 1 aliphatic heterocycles. The zero-order valence-corrected chi connectivity index (χ0v) is 20.1. The second-order valence-electron chi connectivity index (χ2n) is 6.97. The van der Waals surface area contributed by atoms with Gasteiger partial charge in [-0.25, -0.2) is 4.99 Å². The Morgan fingerprint density at radius 3 is 2.45 bits per heavy atom. The summed E-state index contributed by atoms with van der Waals surface area (Å²) in [7, 11) is 5.34. The second-order valence-corrected chi connectivity index (χ2v) is 6.97. The third-order valence-electron chi connectivity index (χ3n) is 5.22. The van der Waals surface area contributed by atoms with Gasteiger partial charge in [0.15, 0.2) is 11.8 Å². The maximum absolute atomic E-state index is 5.43. The SMILES string of the molecule is CCNC(=NCc1nnc(C)n1C)N1CCC(c2cc(OC)cc(OC)c2)C1.I. The number of benzene rings is 1. The topological polar surface area (TPSA) is 76.8 Å². The fourth-order valence-electron chi connectivity index (χ4n) is 3.45.